The zero-order valence-corrected chi connectivity index (χ0v) is 26.5. The van der Waals surface area contributed by atoms with Gasteiger partial charge < -0.3 is 48.8 Å². The number of carbonyl (C=O) groups excluding carboxylic acids is 4. The van der Waals surface area contributed by atoms with Gasteiger partial charge in [-0.25, -0.2) is 0 Å². The van der Waals surface area contributed by atoms with Gasteiger partial charge in [-0.2, -0.15) is 0 Å². The highest BCUT2D eigenvalue weighted by atomic mass is 16.5. The quantitative estimate of drug-likeness (QED) is 0.116. The van der Waals surface area contributed by atoms with Gasteiger partial charge in [0.2, 0.25) is 34.6 Å². The van der Waals surface area contributed by atoms with Gasteiger partial charge in [0.15, 0.2) is 23.0 Å². The summed E-state index contributed by atoms with van der Waals surface area (Å²) in [4.78, 5) is 53.4. The van der Waals surface area contributed by atoms with Gasteiger partial charge in [0.05, 0.1) is 53.8 Å². The number of ketones is 4. The Bertz CT molecular complexity index is 1770. The molecule has 0 fully saturated rings. The highest BCUT2D eigenvalue weighted by molar-refractivity contribution is 6.50. The first-order valence-corrected chi connectivity index (χ1v) is 13.8. The maximum atomic E-state index is 13.4. The number of benzene rings is 4. The molecule has 4 rings (SSSR count). The van der Waals surface area contributed by atoms with E-state index in [1.165, 1.54) is 66.9 Å². The summed E-state index contributed by atoms with van der Waals surface area (Å²) in [7, 11) is 7.95. The second kappa shape index (κ2) is 13.9. The fourth-order valence-corrected chi connectivity index (χ4v) is 4.88. The Balaban J connectivity index is 1.78. The van der Waals surface area contributed by atoms with E-state index >= 15 is 0 Å². The van der Waals surface area contributed by atoms with Crippen LogP contribution in [0.5, 0.6) is 57.5 Å². The summed E-state index contributed by atoms with van der Waals surface area (Å²) in [5.41, 5.74) is -2.21. The number of aromatic hydroxyl groups is 4. The molecule has 0 bridgehead atoms. The second-order valence-corrected chi connectivity index (χ2v) is 9.92. The maximum Gasteiger partial charge on any atom is 0.237 e. The number of hydrogen-bond acceptors (Lipinski definition) is 14. The summed E-state index contributed by atoms with van der Waals surface area (Å²) in [6, 6.07) is 8.24. The van der Waals surface area contributed by atoms with Crippen LogP contribution in [0, 0.1) is 0 Å². The largest absolute Gasteiger partial charge is 0.507 e. The van der Waals surface area contributed by atoms with E-state index in [9.17, 15) is 39.6 Å². The molecule has 0 aliphatic carbocycles. The Morgan fingerprint density at radius 1 is 0.396 bits per heavy atom. The first-order valence-electron chi connectivity index (χ1n) is 13.8. The SMILES string of the molecule is COc1cc(C(=O)C(=O)c2cc(-c3cc(C(=O)C(=O)c4cc(OC)c(OC)c(OC)c4)c(O)cc3O)c(O)cc2O)cc(OC)c1OC. The van der Waals surface area contributed by atoms with E-state index < -0.39 is 57.3 Å². The van der Waals surface area contributed by atoms with Crippen LogP contribution in [0.3, 0.4) is 0 Å². The second-order valence-electron chi connectivity index (χ2n) is 9.92. The van der Waals surface area contributed by atoms with Crippen molar-refractivity contribution in [3.05, 3.63) is 70.8 Å². The fraction of sp³-hybridized carbons (Fsp3) is 0.176. The van der Waals surface area contributed by atoms with Gasteiger partial charge >= 0.3 is 0 Å². The molecule has 0 saturated heterocycles. The molecule has 0 amide bonds. The van der Waals surface area contributed by atoms with E-state index in [-0.39, 0.29) is 56.8 Å². The zero-order valence-electron chi connectivity index (χ0n) is 26.5. The molecule has 0 spiro atoms. The Labute approximate surface area is 273 Å². The smallest absolute Gasteiger partial charge is 0.237 e. The molecule has 0 aromatic heterocycles. The van der Waals surface area contributed by atoms with E-state index in [2.05, 4.69) is 0 Å². The molecule has 250 valence electrons. The minimum atomic E-state index is -1.23. The van der Waals surface area contributed by atoms with Crippen molar-refractivity contribution < 1.29 is 68.0 Å². The lowest BCUT2D eigenvalue weighted by Gasteiger charge is -2.15. The fourth-order valence-electron chi connectivity index (χ4n) is 4.88. The molecule has 4 aromatic carbocycles. The summed E-state index contributed by atoms with van der Waals surface area (Å²) in [6.07, 6.45) is 0. The number of phenolic OH excluding ortho intramolecular Hbond substituents is 4. The summed E-state index contributed by atoms with van der Waals surface area (Å²) in [6.45, 7) is 0. The molecule has 4 N–H and O–H groups in total. The van der Waals surface area contributed by atoms with Crippen molar-refractivity contribution in [2.24, 2.45) is 0 Å². The number of Topliss-reactive ketones (excluding diaryl/α,β-unsaturated/α-hetero) is 4. The molecule has 0 heterocycles. The highest BCUT2D eigenvalue weighted by Gasteiger charge is 2.29. The summed E-state index contributed by atoms with van der Waals surface area (Å²) in [5.74, 6) is -6.95. The van der Waals surface area contributed by atoms with Gasteiger partial charge in [-0.05, 0) is 36.4 Å². The minimum absolute atomic E-state index is 0.0795. The third-order valence-corrected chi connectivity index (χ3v) is 7.27. The highest BCUT2D eigenvalue weighted by Crippen LogP contribution is 2.44. The van der Waals surface area contributed by atoms with Gasteiger partial charge in [-0.3, -0.25) is 19.2 Å². The summed E-state index contributed by atoms with van der Waals surface area (Å²) < 4.78 is 31.4. The lowest BCUT2D eigenvalue weighted by molar-refractivity contribution is 0.0814. The van der Waals surface area contributed by atoms with Gasteiger partial charge in [0.25, 0.3) is 0 Å². The Morgan fingerprint density at radius 3 is 0.938 bits per heavy atom. The molecule has 0 saturated carbocycles. The molecule has 0 aliphatic rings. The molecule has 0 radical (unpaired) electrons. The topological polar surface area (TPSA) is 205 Å². The van der Waals surface area contributed by atoms with E-state index in [0.717, 1.165) is 24.3 Å². The van der Waals surface area contributed by atoms with Gasteiger partial charge in [-0.15, -0.1) is 0 Å². The van der Waals surface area contributed by atoms with Crippen molar-refractivity contribution in [2.45, 2.75) is 0 Å². The van der Waals surface area contributed by atoms with E-state index in [4.69, 9.17) is 28.4 Å². The molecule has 48 heavy (non-hydrogen) atoms. The van der Waals surface area contributed by atoms with Gasteiger partial charge in [-0.1, -0.05) is 0 Å². The van der Waals surface area contributed by atoms with Crippen LogP contribution in [0.4, 0.5) is 0 Å². The van der Waals surface area contributed by atoms with Crippen LogP contribution in [0.25, 0.3) is 11.1 Å². The first kappa shape index (κ1) is 34.4. The summed E-state index contributed by atoms with van der Waals surface area (Å²) >= 11 is 0. The lowest BCUT2D eigenvalue weighted by atomic mass is 9.92. The maximum absolute atomic E-state index is 13.4. The van der Waals surface area contributed by atoms with Crippen LogP contribution in [0.1, 0.15) is 41.4 Å². The Morgan fingerprint density at radius 2 is 0.688 bits per heavy atom. The van der Waals surface area contributed by atoms with Crippen molar-refractivity contribution in [3.63, 3.8) is 0 Å². The lowest BCUT2D eigenvalue weighted by Crippen LogP contribution is -2.16. The first-order chi connectivity index (χ1) is 22.8. The number of methoxy groups -OCH3 is 6. The molecular weight excluding hydrogens is 632 g/mol. The van der Waals surface area contributed by atoms with Crippen molar-refractivity contribution in [3.8, 4) is 68.6 Å². The Hall–Kier alpha value is -6.44. The van der Waals surface area contributed by atoms with Crippen LogP contribution in [-0.4, -0.2) is 86.2 Å². The predicted molar refractivity (Wildman–Crippen MR) is 168 cm³/mol. The molecule has 14 nitrogen and oxygen atoms in total. The van der Waals surface area contributed by atoms with Crippen LogP contribution < -0.4 is 28.4 Å². The standard InChI is InChI=1S/C34H30O14/c1-43-25-7-15(8-26(44-2)33(25)47-5)29(39)31(41)19-11-17(21(35)13-23(19)37)18-12-20(24(38)14-22(18)36)32(42)30(40)16-9-27(45-3)34(48-6)28(10-16)46-4/h7-14,35-38H,1-6H3. The molecule has 0 atom stereocenters. The van der Waals surface area contributed by atoms with Crippen molar-refractivity contribution >= 4 is 23.1 Å². The zero-order chi connectivity index (χ0) is 35.4. The van der Waals surface area contributed by atoms with Crippen LogP contribution >= 0.6 is 0 Å². The molecular formula is C34H30O14. The van der Waals surface area contributed by atoms with Crippen LogP contribution in [-0.2, 0) is 0 Å². The van der Waals surface area contributed by atoms with Crippen LogP contribution in [0.2, 0.25) is 0 Å². The number of ether oxygens (including phenoxy) is 6. The third-order valence-electron chi connectivity index (χ3n) is 7.27. The number of carbonyl (C=O) groups is 4. The number of rotatable bonds is 13. The Kier molecular flexibility index (Phi) is 9.98. The monoisotopic (exact) mass is 662 g/mol. The average Bonchev–Trinajstić information content (AvgIpc) is 3.09. The number of phenols is 4. The van der Waals surface area contributed by atoms with Crippen molar-refractivity contribution in [1.29, 1.82) is 0 Å². The minimum Gasteiger partial charge on any atom is -0.507 e. The van der Waals surface area contributed by atoms with Crippen molar-refractivity contribution in [1.82, 2.24) is 0 Å². The van der Waals surface area contributed by atoms with Crippen molar-refractivity contribution in [2.75, 3.05) is 42.7 Å². The van der Waals surface area contributed by atoms with Gasteiger partial charge in [0.1, 0.15) is 23.0 Å². The molecule has 0 unspecified atom stereocenters. The van der Waals surface area contributed by atoms with Crippen LogP contribution in [0.15, 0.2) is 48.5 Å². The number of hydrogen-bond donors (Lipinski definition) is 4. The molecule has 4 aromatic rings. The average molecular weight is 663 g/mol. The molecule has 14 heteroatoms. The normalized spacial score (nSPS) is 10.5. The molecule has 0 aliphatic heterocycles. The van der Waals surface area contributed by atoms with E-state index in [1.54, 1.807) is 0 Å². The third kappa shape index (κ3) is 6.18. The van der Waals surface area contributed by atoms with E-state index in [0.29, 0.717) is 0 Å². The summed E-state index contributed by atoms with van der Waals surface area (Å²) in [5, 5.41) is 42.5. The predicted octanol–water partition coefficient (Wildman–Crippen LogP) is 4.36. The van der Waals surface area contributed by atoms with E-state index in [1.807, 2.05) is 0 Å². The van der Waals surface area contributed by atoms with Gasteiger partial charge in [0, 0.05) is 34.4 Å².